The van der Waals surface area contributed by atoms with E-state index in [1.807, 2.05) is 41.1 Å². The van der Waals surface area contributed by atoms with Crippen molar-refractivity contribution in [1.82, 2.24) is 9.78 Å². The van der Waals surface area contributed by atoms with Crippen molar-refractivity contribution < 1.29 is 14.2 Å². The SMILES string of the molecule is COCOc1ccc(OC)cc1CNc1cc(C2CC2C)nn1-c1ccccc1. The maximum Gasteiger partial charge on any atom is 0.188 e. The van der Waals surface area contributed by atoms with Crippen LogP contribution in [0.1, 0.15) is 30.5 Å². The number of nitrogens with zero attached hydrogens (tertiary/aromatic N) is 2. The number of hydrogen-bond acceptors (Lipinski definition) is 5. The molecule has 2 unspecified atom stereocenters. The monoisotopic (exact) mass is 393 g/mol. The van der Waals surface area contributed by atoms with Gasteiger partial charge in [-0.3, -0.25) is 0 Å². The summed E-state index contributed by atoms with van der Waals surface area (Å²) in [5.74, 6) is 3.77. The molecule has 0 amide bonds. The van der Waals surface area contributed by atoms with Gasteiger partial charge in [0, 0.05) is 31.2 Å². The van der Waals surface area contributed by atoms with Crippen molar-refractivity contribution in [2.45, 2.75) is 25.8 Å². The summed E-state index contributed by atoms with van der Waals surface area (Å²) in [6, 6.07) is 18.1. The van der Waals surface area contributed by atoms with E-state index in [1.54, 1.807) is 14.2 Å². The van der Waals surface area contributed by atoms with Gasteiger partial charge in [0.1, 0.15) is 17.3 Å². The second kappa shape index (κ2) is 8.57. The minimum absolute atomic E-state index is 0.199. The molecule has 3 aromatic rings. The number of hydrogen-bond donors (Lipinski definition) is 1. The first kappa shape index (κ1) is 19.3. The van der Waals surface area contributed by atoms with Gasteiger partial charge < -0.3 is 19.5 Å². The number of aromatic nitrogens is 2. The Morgan fingerprint density at radius 1 is 1.10 bits per heavy atom. The molecule has 0 spiro atoms. The molecule has 1 aliphatic rings. The molecule has 6 heteroatoms. The third-order valence-electron chi connectivity index (χ3n) is 5.28. The van der Waals surface area contributed by atoms with Crippen molar-refractivity contribution in [2.75, 3.05) is 26.3 Å². The van der Waals surface area contributed by atoms with E-state index in [0.717, 1.165) is 34.3 Å². The average Bonchev–Trinajstić information content (AvgIpc) is 3.34. The van der Waals surface area contributed by atoms with Crippen LogP contribution in [0.2, 0.25) is 0 Å². The highest BCUT2D eigenvalue weighted by Crippen LogP contribution is 2.47. The first-order valence-corrected chi connectivity index (χ1v) is 9.87. The topological polar surface area (TPSA) is 57.5 Å². The molecule has 4 rings (SSSR count). The van der Waals surface area contributed by atoms with Gasteiger partial charge >= 0.3 is 0 Å². The molecule has 1 fully saturated rings. The number of nitrogens with one attached hydrogen (secondary N) is 1. The third kappa shape index (κ3) is 4.38. The zero-order valence-electron chi connectivity index (χ0n) is 17.1. The lowest BCUT2D eigenvalue weighted by Gasteiger charge is -2.14. The van der Waals surface area contributed by atoms with E-state index in [-0.39, 0.29) is 6.79 Å². The number of anilines is 1. The fraction of sp³-hybridized carbons (Fsp3) is 0.348. The number of para-hydroxylation sites is 1. The van der Waals surface area contributed by atoms with Crippen LogP contribution < -0.4 is 14.8 Å². The second-order valence-electron chi connectivity index (χ2n) is 7.40. The summed E-state index contributed by atoms with van der Waals surface area (Å²) >= 11 is 0. The highest BCUT2D eigenvalue weighted by atomic mass is 16.7. The Morgan fingerprint density at radius 2 is 1.90 bits per heavy atom. The molecule has 1 saturated carbocycles. The first-order valence-electron chi connectivity index (χ1n) is 9.87. The maximum atomic E-state index is 5.72. The summed E-state index contributed by atoms with van der Waals surface area (Å²) in [6.07, 6.45) is 1.20. The minimum Gasteiger partial charge on any atom is -0.497 e. The molecule has 0 aliphatic heterocycles. The lowest BCUT2D eigenvalue weighted by molar-refractivity contribution is 0.0504. The molecule has 29 heavy (non-hydrogen) atoms. The maximum absolute atomic E-state index is 5.72. The van der Waals surface area contributed by atoms with Crippen LogP contribution in [-0.2, 0) is 11.3 Å². The zero-order valence-corrected chi connectivity index (χ0v) is 17.1. The van der Waals surface area contributed by atoms with Crippen molar-refractivity contribution in [3.8, 4) is 17.2 Å². The predicted octanol–water partition coefficient (Wildman–Crippen LogP) is 4.60. The predicted molar refractivity (Wildman–Crippen MR) is 113 cm³/mol. The highest BCUT2D eigenvalue weighted by Gasteiger charge is 2.36. The summed E-state index contributed by atoms with van der Waals surface area (Å²) in [6.45, 7) is 3.05. The van der Waals surface area contributed by atoms with Gasteiger partial charge in [0.2, 0.25) is 0 Å². The molecule has 1 aliphatic carbocycles. The van der Waals surface area contributed by atoms with E-state index >= 15 is 0 Å². The number of methoxy groups -OCH3 is 2. The summed E-state index contributed by atoms with van der Waals surface area (Å²) < 4.78 is 18.1. The molecule has 2 atom stereocenters. The van der Waals surface area contributed by atoms with E-state index in [9.17, 15) is 0 Å². The fourth-order valence-electron chi connectivity index (χ4n) is 3.48. The van der Waals surface area contributed by atoms with Crippen LogP contribution in [0.15, 0.2) is 54.6 Å². The molecule has 6 nitrogen and oxygen atoms in total. The Bertz CT molecular complexity index is 955. The molecule has 1 heterocycles. The van der Waals surface area contributed by atoms with E-state index in [0.29, 0.717) is 18.4 Å². The summed E-state index contributed by atoms with van der Waals surface area (Å²) in [5, 5.41) is 8.43. The van der Waals surface area contributed by atoms with Crippen LogP contribution in [-0.4, -0.2) is 30.8 Å². The molecular formula is C23H27N3O3. The van der Waals surface area contributed by atoms with Gasteiger partial charge in [0.15, 0.2) is 6.79 Å². The second-order valence-corrected chi connectivity index (χ2v) is 7.40. The summed E-state index contributed by atoms with van der Waals surface area (Å²) in [7, 11) is 3.27. The van der Waals surface area contributed by atoms with E-state index < -0.39 is 0 Å². The van der Waals surface area contributed by atoms with Crippen LogP contribution in [0.25, 0.3) is 5.69 Å². The van der Waals surface area contributed by atoms with Crippen molar-refractivity contribution in [3.05, 3.63) is 65.9 Å². The van der Waals surface area contributed by atoms with E-state index in [1.165, 1.54) is 6.42 Å². The zero-order chi connectivity index (χ0) is 20.2. The van der Waals surface area contributed by atoms with Crippen LogP contribution >= 0.6 is 0 Å². The van der Waals surface area contributed by atoms with Crippen molar-refractivity contribution in [1.29, 1.82) is 0 Å². The van der Waals surface area contributed by atoms with Crippen LogP contribution in [0, 0.1) is 5.92 Å². The molecule has 0 bridgehead atoms. The number of rotatable bonds is 9. The van der Waals surface area contributed by atoms with Crippen LogP contribution in [0.4, 0.5) is 5.82 Å². The highest BCUT2D eigenvalue weighted by molar-refractivity contribution is 5.49. The van der Waals surface area contributed by atoms with Gasteiger partial charge in [-0.1, -0.05) is 25.1 Å². The molecule has 152 valence electrons. The smallest absolute Gasteiger partial charge is 0.188 e. The van der Waals surface area contributed by atoms with Gasteiger partial charge in [-0.25, -0.2) is 4.68 Å². The van der Waals surface area contributed by atoms with Gasteiger partial charge in [-0.15, -0.1) is 0 Å². The molecule has 0 radical (unpaired) electrons. The molecule has 0 saturated heterocycles. The number of ether oxygens (including phenoxy) is 3. The van der Waals surface area contributed by atoms with Gasteiger partial charge in [-0.05, 0) is 42.7 Å². The molecule has 1 N–H and O–H groups in total. The summed E-state index contributed by atoms with van der Waals surface area (Å²) in [5.41, 5.74) is 3.17. The van der Waals surface area contributed by atoms with E-state index in [2.05, 4.69) is 30.4 Å². The Labute approximate surface area is 171 Å². The minimum atomic E-state index is 0.199. The Hall–Kier alpha value is -2.99. The molecular weight excluding hydrogens is 366 g/mol. The molecule has 1 aromatic heterocycles. The third-order valence-corrected chi connectivity index (χ3v) is 5.28. The quantitative estimate of drug-likeness (QED) is 0.539. The van der Waals surface area contributed by atoms with Crippen molar-refractivity contribution >= 4 is 5.82 Å². The number of benzene rings is 2. The van der Waals surface area contributed by atoms with Gasteiger partial charge in [-0.2, -0.15) is 5.10 Å². The standard InChI is InChI=1S/C23H27N3O3/c1-16-11-20(16)21-13-23(26(25-21)18-7-5-4-6-8-18)24-14-17-12-19(28-3)9-10-22(17)29-15-27-2/h4-10,12-13,16,20,24H,11,14-15H2,1-3H3. The fourth-order valence-corrected chi connectivity index (χ4v) is 3.48. The van der Waals surface area contributed by atoms with Crippen molar-refractivity contribution in [2.24, 2.45) is 5.92 Å². The van der Waals surface area contributed by atoms with Crippen LogP contribution in [0.3, 0.4) is 0 Å². The first-order chi connectivity index (χ1) is 14.2. The van der Waals surface area contributed by atoms with Crippen LogP contribution in [0.5, 0.6) is 11.5 Å². The Morgan fingerprint density at radius 3 is 2.59 bits per heavy atom. The lowest BCUT2D eigenvalue weighted by Crippen LogP contribution is -2.09. The van der Waals surface area contributed by atoms with E-state index in [4.69, 9.17) is 19.3 Å². The lowest BCUT2D eigenvalue weighted by atomic mass is 10.2. The average molecular weight is 393 g/mol. The normalized spacial score (nSPS) is 17.8. The van der Waals surface area contributed by atoms with Gasteiger partial charge in [0.05, 0.1) is 18.5 Å². The summed E-state index contributed by atoms with van der Waals surface area (Å²) in [4.78, 5) is 0. The van der Waals surface area contributed by atoms with Crippen molar-refractivity contribution in [3.63, 3.8) is 0 Å². The Kier molecular flexibility index (Phi) is 5.71. The van der Waals surface area contributed by atoms with Gasteiger partial charge in [0.25, 0.3) is 0 Å². The largest absolute Gasteiger partial charge is 0.497 e. The molecule has 2 aromatic carbocycles. The Balaban J connectivity index is 1.60.